The molecular formula is C53H34N2S. The Kier molecular flexibility index (Phi) is 7.68. The smallest absolute Gasteiger partial charge is 0.160 e. The summed E-state index contributed by atoms with van der Waals surface area (Å²) in [5.41, 5.74) is 17.3. The van der Waals surface area contributed by atoms with Gasteiger partial charge in [0.15, 0.2) is 5.82 Å². The molecule has 0 unspecified atom stereocenters. The summed E-state index contributed by atoms with van der Waals surface area (Å²) >= 11 is 1.90. The van der Waals surface area contributed by atoms with Crippen molar-refractivity contribution in [3.63, 3.8) is 0 Å². The van der Waals surface area contributed by atoms with Crippen molar-refractivity contribution in [2.24, 2.45) is 0 Å². The van der Waals surface area contributed by atoms with E-state index in [0.717, 1.165) is 39.2 Å². The van der Waals surface area contributed by atoms with Crippen LogP contribution in [0.2, 0.25) is 0 Å². The molecule has 1 aliphatic heterocycles. The minimum atomic E-state index is -0.404. The molecule has 3 heteroatoms. The van der Waals surface area contributed by atoms with Crippen molar-refractivity contribution in [1.29, 1.82) is 0 Å². The first-order chi connectivity index (χ1) is 27.8. The molecule has 0 bridgehead atoms. The van der Waals surface area contributed by atoms with Gasteiger partial charge in [-0.1, -0.05) is 194 Å². The van der Waals surface area contributed by atoms with Gasteiger partial charge in [0.1, 0.15) is 0 Å². The molecule has 9 aromatic rings. The van der Waals surface area contributed by atoms with E-state index in [9.17, 15) is 0 Å². The van der Waals surface area contributed by atoms with Gasteiger partial charge in [-0.25, -0.2) is 9.97 Å². The van der Waals surface area contributed by atoms with Crippen LogP contribution >= 0.6 is 11.8 Å². The number of hydrogen-bond acceptors (Lipinski definition) is 3. The zero-order valence-electron chi connectivity index (χ0n) is 30.4. The molecule has 2 aliphatic rings. The molecule has 0 saturated heterocycles. The molecule has 0 amide bonds. The zero-order chi connectivity index (χ0) is 37.1. The van der Waals surface area contributed by atoms with Gasteiger partial charge in [0.25, 0.3) is 0 Å². The average Bonchev–Trinajstić information content (AvgIpc) is 3.57. The second-order valence-corrected chi connectivity index (χ2v) is 15.5. The highest BCUT2D eigenvalue weighted by Gasteiger charge is 2.50. The average molecular weight is 731 g/mol. The molecule has 11 rings (SSSR count). The van der Waals surface area contributed by atoms with Crippen LogP contribution in [-0.2, 0) is 5.41 Å². The Labute approximate surface area is 331 Å². The van der Waals surface area contributed by atoms with E-state index in [2.05, 4.69) is 194 Å². The summed E-state index contributed by atoms with van der Waals surface area (Å²) in [6, 6.07) is 74.4. The highest BCUT2D eigenvalue weighted by molar-refractivity contribution is 7.99. The molecular weight excluding hydrogens is 697 g/mol. The second kappa shape index (κ2) is 13.2. The van der Waals surface area contributed by atoms with Crippen molar-refractivity contribution in [2.75, 3.05) is 0 Å². The largest absolute Gasteiger partial charge is 0.228 e. The van der Waals surface area contributed by atoms with Crippen LogP contribution in [0.4, 0.5) is 0 Å². The summed E-state index contributed by atoms with van der Waals surface area (Å²) < 4.78 is 0. The molecule has 1 aliphatic carbocycles. The van der Waals surface area contributed by atoms with E-state index in [1.54, 1.807) is 0 Å². The van der Waals surface area contributed by atoms with Crippen LogP contribution in [0.15, 0.2) is 216 Å². The number of rotatable bonds is 5. The Morgan fingerprint density at radius 2 is 0.768 bits per heavy atom. The second-order valence-electron chi connectivity index (χ2n) is 14.5. The lowest BCUT2D eigenvalue weighted by molar-refractivity contribution is 0.723. The molecule has 1 aromatic heterocycles. The van der Waals surface area contributed by atoms with E-state index in [1.807, 2.05) is 23.9 Å². The van der Waals surface area contributed by atoms with Crippen molar-refractivity contribution in [2.45, 2.75) is 15.2 Å². The Hall–Kier alpha value is -6.81. The number of nitrogens with zero attached hydrogens (tertiary/aromatic N) is 2. The number of aromatic nitrogens is 2. The van der Waals surface area contributed by atoms with E-state index in [0.29, 0.717) is 5.82 Å². The van der Waals surface area contributed by atoms with Crippen molar-refractivity contribution in [3.05, 3.63) is 229 Å². The number of hydrogen-bond donors (Lipinski definition) is 0. The maximum atomic E-state index is 5.12. The first-order valence-corrected chi connectivity index (χ1v) is 19.9. The minimum absolute atomic E-state index is 0.404. The minimum Gasteiger partial charge on any atom is -0.228 e. The van der Waals surface area contributed by atoms with Gasteiger partial charge in [0, 0.05) is 26.5 Å². The van der Waals surface area contributed by atoms with Crippen LogP contribution in [0, 0.1) is 0 Å². The summed E-state index contributed by atoms with van der Waals surface area (Å²) in [5.74, 6) is 0.706. The lowest BCUT2D eigenvalue weighted by Gasteiger charge is -2.40. The Morgan fingerprint density at radius 3 is 1.41 bits per heavy atom. The molecule has 8 aromatic carbocycles. The van der Waals surface area contributed by atoms with Crippen LogP contribution in [0.5, 0.6) is 0 Å². The lowest BCUT2D eigenvalue weighted by Crippen LogP contribution is -2.32. The molecule has 0 atom stereocenters. The van der Waals surface area contributed by atoms with Gasteiger partial charge in [0.05, 0.1) is 16.8 Å². The monoisotopic (exact) mass is 730 g/mol. The maximum absolute atomic E-state index is 5.12. The van der Waals surface area contributed by atoms with Crippen LogP contribution in [0.1, 0.15) is 22.3 Å². The molecule has 262 valence electrons. The molecule has 0 saturated carbocycles. The SMILES string of the molecule is c1ccc(-c2cc(-c3ccccc3)nc(-c3cccc(-c4cccc(-c5cccc6c5Sc5ccccc5C65c6ccccc6-c6ccccc65)c4)c3)n2)cc1. The first kappa shape index (κ1) is 32.6. The Balaban J connectivity index is 1.04. The van der Waals surface area contributed by atoms with E-state index in [1.165, 1.54) is 54.3 Å². The van der Waals surface area contributed by atoms with E-state index in [-0.39, 0.29) is 0 Å². The van der Waals surface area contributed by atoms with Crippen LogP contribution < -0.4 is 0 Å². The van der Waals surface area contributed by atoms with Gasteiger partial charge in [-0.2, -0.15) is 0 Å². The number of benzene rings is 8. The number of fused-ring (bicyclic) bond motifs is 9. The van der Waals surface area contributed by atoms with Gasteiger partial charge in [-0.05, 0) is 79.9 Å². The third-order valence-corrected chi connectivity index (χ3v) is 12.6. The molecule has 0 radical (unpaired) electrons. The third kappa shape index (κ3) is 5.12. The van der Waals surface area contributed by atoms with Crippen LogP contribution in [0.3, 0.4) is 0 Å². The van der Waals surface area contributed by atoms with Crippen LogP contribution in [-0.4, -0.2) is 9.97 Å². The summed E-state index contributed by atoms with van der Waals surface area (Å²) in [7, 11) is 0. The highest BCUT2D eigenvalue weighted by Crippen LogP contribution is 2.63. The van der Waals surface area contributed by atoms with E-state index >= 15 is 0 Å². The Bertz CT molecular complexity index is 2850. The van der Waals surface area contributed by atoms with E-state index < -0.39 is 5.41 Å². The van der Waals surface area contributed by atoms with Crippen molar-refractivity contribution < 1.29 is 0 Å². The maximum Gasteiger partial charge on any atom is 0.160 e. The standard InChI is InChI=1S/C53H34N2S/c1-3-16-35(17-4-1)48-34-49(36-18-5-2-6-19-36)55-52(54-48)40-23-14-21-38(33-40)37-20-13-22-39(32-37)41-26-15-30-47-51(41)56-50-31-12-11-29-46(50)53(47)44-27-9-7-24-42(44)43-25-8-10-28-45(43)53/h1-34H. The topological polar surface area (TPSA) is 25.8 Å². The van der Waals surface area contributed by atoms with Crippen molar-refractivity contribution in [3.8, 4) is 67.3 Å². The highest BCUT2D eigenvalue weighted by atomic mass is 32.2. The van der Waals surface area contributed by atoms with Gasteiger partial charge in [-0.15, -0.1) is 0 Å². The van der Waals surface area contributed by atoms with Crippen molar-refractivity contribution in [1.82, 2.24) is 9.97 Å². The van der Waals surface area contributed by atoms with Gasteiger partial charge >= 0.3 is 0 Å². The third-order valence-electron chi connectivity index (χ3n) is 11.4. The van der Waals surface area contributed by atoms with Gasteiger partial charge < -0.3 is 0 Å². The fraction of sp³-hybridized carbons (Fsp3) is 0.0189. The van der Waals surface area contributed by atoms with Gasteiger partial charge in [0.2, 0.25) is 0 Å². The fourth-order valence-corrected chi connectivity index (χ4v) is 10.2. The quantitative estimate of drug-likeness (QED) is 0.176. The molecule has 2 nitrogen and oxygen atoms in total. The zero-order valence-corrected chi connectivity index (χ0v) is 31.2. The molecule has 56 heavy (non-hydrogen) atoms. The van der Waals surface area contributed by atoms with Crippen molar-refractivity contribution >= 4 is 11.8 Å². The first-order valence-electron chi connectivity index (χ1n) is 19.1. The molecule has 0 fully saturated rings. The molecule has 0 N–H and O–H groups in total. The van der Waals surface area contributed by atoms with Crippen LogP contribution in [0.25, 0.3) is 67.3 Å². The summed E-state index contributed by atoms with van der Waals surface area (Å²) in [6.07, 6.45) is 0. The fourth-order valence-electron chi connectivity index (χ4n) is 8.90. The molecule has 2 heterocycles. The van der Waals surface area contributed by atoms with E-state index in [4.69, 9.17) is 9.97 Å². The predicted octanol–water partition coefficient (Wildman–Crippen LogP) is 13.6. The summed E-state index contributed by atoms with van der Waals surface area (Å²) in [6.45, 7) is 0. The normalized spacial score (nSPS) is 13.1. The summed E-state index contributed by atoms with van der Waals surface area (Å²) in [4.78, 5) is 12.8. The van der Waals surface area contributed by atoms with Gasteiger partial charge in [-0.3, -0.25) is 0 Å². The Morgan fingerprint density at radius 1 is 0.321 bits per heavy atom. The lowest BCUT2D eigenvalue weighted by atomic mass is 9.67. The molecule has 1 spiro atoms. The summed E-state index contributed by atoms with van der Waals surface area (Å²) in [5, 5.41) is 0. The predicted molar refractivity (Wildman–Crippen MR) is 231 cm³/mol.